The summed E-state index contributed by atoms with van der Waals surface area (Å²) in [4.78, 5) is 11.0. The Morgan fingerprint density at radius 1 is 1.53 bits per heavy atom. The Kier molecular flexibility index (Phi) is 4.24. The molecule has 0 saturated carbocycles. The summed E-state index contributed by atoms with van der Waals surface area (Å²) in [5.74, 6) is -0.631. The first-order chi connectivity index (χ1) is 7.15. The molecule has 3 nitrogen and oxygen atoms in total. The third-order valence-corrected chi connectivity index (χ3v) is 2.11. The molecule has 1 rings (SSSR count). The zero-order chi connectivity index (χ0) is 11.3. The van der Waals surface area contributed by atoms with Gasteiger partial charge in [-0.25, -0.2) is 4.39 Å². The fourth-order valence-corrected chi connectivity index (χ4v) is 1.16. The van der Waals surface area contributed by atoms with Crippen LogP contribution in [0.1, 0.15) is 12.5 Å². The lowest BCUT2D eigenvalue weighted by Crippen LogP contribution is -2.34. The molecular formula is C11H14FNO2. The maximum Gasteiger partial charge on any atom is 0.322 e. The zero-order valence-electron chi connectivity index (χ0n) is 8.79. The molecule has 0 heterocycles. The highest BCUT2D eigenvalue weighted by atomic mass is 19.1. The number of hydrogen-bond donors (Lipinski definition) is 1. The Balaban J connectivity index is 2.50. The summed E-state index contributed by atoms with van der Waals surface area (Å²) < 4.78 is 17.7. The monoisotopic (exact) mass is 211 g/mol. The maximum atomic E-state index is 13.2. The summed E-state index contributed by atoms with van der Waals surface area (Å²) in [7, 11) is 1.32. The number of carbonyl (C=O) groups excluding carboxylic acids is 1. The van der Waals surface area contributed by atoms with E-state index in [4.69, 9.17) is 0 Å². The van der Waals surface area contributed by atoms with Gasteiger partial charge in [0, 0.05) is 12.1 Å². The van der Waals surface area contributed by atoms with Crippen LogP contribution in [-0.2, 0) is 16.1 Å². The third kappa shape index (κ3) is 3.32. The molecule has 0 saturated heterocycles. The first kappa shape index (κ1) is 11.7. The quantitative estimate of drug-likeness (QED) is 0.766. The normalized spacial score (nSPS) is 12.2. The minimum Gasteiger partial charge on any atom is -0.468 e. The Morgan fingerprint density at radius 2 is 2.20 bits per heavy atom. The first-order valence-electron chi connectivity index (χ1n) is 4.69. The maximum absolute atomic E-state index is 13.2. The lowest BCUT2D eigenvalue weighted by Gasteiger charge is -2.11. The van der Waals surface area contributed by atoms with Gasteiger partial charge in [0.15, 0.2) is 0 Å². The fourth-order valence-electron chi connectivity index (χ4n) is 1.16. The molecule has 0 spiro atoms. The molecule has 0 amide bonds. The molecule has 0 radical (unpaired) electrons. The van der Waals surface area contributed by atoms with Gasteiger partial charge in [0.2, 0.25) is 0 Å². The highest BCUT2D eigenvalue weighted by Crippen LogP contribution is 2.05. The second kappa shape index (κ2) is 5.46. The smallest absolute Gasteiger partial charge is 0.322 e. The van der Waals surface area contributed by atoms with Gasteiger partial charge in [-0.15, -0.1) is 0 Å². The van der Waals surface area contributed by atoms with Gasteiger partial charge in [-0.05, 0) is 13.0 Å². The van der Waals surface area contributed by atoms with E-state index in [1.165, 1.54) is 13.2 Å². The second-order valence-corrected chi connectivity index (χ2v) is 3.22. The van der Waals surface area contributed by atoms with Crippen molar-refractivity contribution in [2.24, 2.45) is 0 Å². The molecule has 1 N–H and O–H groups in total. The van der Waals surface area contributed by atoms with Gasteiger partial charge >= 0.3 is 5.97 Å². The van der Waals surface area contributed by atoms with Crippen LogP contribution in [-0.4, -0.2) is 19.1 Å². The molecule has 1 aromatic carbocycles. The van der Waals surface area contributed by atoms with Crippen LogP contribution in [0.4, 0.5) is 4.39 Å². The van der Waals surface area contributed by atoms with E-state index in [0.29, 0.717) is 12.1 Å². The third-order valence-electron chi connectivity index (χ3n) is 2.11. The Hall–Kier alpha value is -1.42. The van der Waals surface area contributed by atoms with Gasteiger partial charge in [0.05, 0.1) is 7.11 Å². The zero-order valence-corrected chi connectivity index (χ0v) is 8.79. The Labute approximate surface area is 88.2 Å². The lowest BCUT2D eigenvalue weighted by atomic mass is 10.2. The predicted octanol–water partition coefficient (Wildman–Crippen LogP) is 1.48. The van der Waals surface area contributed by atoms with Gasteiger partial charge in [0.25, 0.3) is 0 Å². The molecule has 1 atom stereocenters. The van der Waals surface area contributed by atoms with Crippen molar-refractivity contribution in [1.82, 2.24) is 5.32 Å². The fraction of sp³-hybridized carbons (Fsp3) is 0.364. The molecule has 0 fully saturated rings. The van der Waals surface area contributed by atoms with Crippen LogP contribution in [0.25, 0.3) is 0 Å². The average molecular weight is 211 g/mol. The predicted molar refractivity (Wildman–Crippen MR) is 54.7 cm³/mol. The van der Waals surface area contributed by atoms with E-state index >= 15 is 0 Å². The molecule has 0 bridgehead atoms. The van der Waals surface area contributed by atoms with E-state index in [0.717, 1.165) is 0 Å². The summed E-state index contributed by atoms with van der Waals surface area (Å²) in [6.45, 7) is 1.98. The highest BCUT2D eigenvalue weighted by Gasteiger charge is 2.12. The summed E-state index contributed by atoms with van der Waals surface area (Å²) in [5, 5.41) is 2.88. The number of rotatable bonds is 4. The van der Waals surface area contributed by atoms with E-state index in [9.17, 15) is 9.18 Å². The Morgan fingerprint density at radius 3 is 2.80 bits per heavy atom. The molecular weight excluding hydrogens is 197 g/mol. The molecule has 0 aliphatic heterocycles. The number of benzene rings is 1. The van der Waals surface area contributed by atoms with E-state index in [-0.39, 0.29) is 11.8 Å². The van der Waals surface area contributed by atoms with E-state index in [1.807, 2.05) is 0 Å². The van der Waals surface area contributed by atoms with Crippen LogP contribution in [0.5, 0.6) is 0 Å². The van der Waals surface area contributed by atoms with E-state index in [2.05, 4.69) is 10.1 Å². The van der Waals surface area contributed by atoms with Crippen molar-refractivity contribution in [3.8, 4) is 0 Å². The van der Waals surface area contributed by atoms with Crippen LogP contribution in [0.2, 0.25) is 0 Å². The van der Waals surface area contributed by atoms with Crippen LogP contribution in [0, 0.1) is 5.82 Å². The Bertz CT molecular complexity index is 341. The molecule has 15 heavy (non-hydrogen) atoms. The SMILES string of the molecule is COC(=O)C(C)NCc1ccccc1F. The van der Waals surface area contributed by atoms with Gasteiger partial charge in [-0.3, -0.25) is 4.79 Å². The van der Waals surface area contributed by atoms with Crippen molar-refractivity contribution in [2.75, 3.05) is 7.11 Å². The standard InChI is InChI=1S/C11H14FNO2/c1-8(11(14)15-2)13-7-9-5-3-4-6-10(9)12/h3-6,8,13H,7H2,1-2H3. The van der Waals surface area contributed by atoms with Crippen molar-refractivity contribution in [3.63, 3.8) is 0 Å². The molecule has 1 aromatic rings. The topological polar surface area (TPSA) is 38.3 Å². The van der Waals surface area contributed by atoms with Crippen molar-refractivity contribution in [2.45, 2.75) is 19.5 Å². The number of methoxy groups -OCH3 is 1. The molecule has 1 unspecified atom stereocenters. The van der Waals surface area contributed by atoms with Crippen molar-refractivity contribution in [3.05, 3.63) is 35.6 Å². The van der Waals surface area contributed by atoms with Crippen molar-refractivity contribution >= 4 is 5.97 Å². The lowest BCUT2D eigenvalue weighted by molar-refractivity contribution is -0.142. The minimum atomic E-state index is -0.436. The number of esters is 1. The van der Waals surface area contributed by atoms with Gasteiger partial charge < -0.3 is 10.1 Å². The second-order valence-electron chi connectivity index (χ2n) is 3.22. The summed E-state index contributed by atoms with van der Waals surface area (Å²) in [6.07, 6.45) is 0. The summed E-state index contributed by atoms with van der Waals surface area (Å²) in [5.41, 5.74) is 0.535. The molecule has 82 valence electrons. The number of nitrogens with one attached hydrogen (secondary N) is 1. The molecule has 4 heteroatoms. The van der Waals surface area contributed by atoms with Crippen LogP contribution in [0.15, 0.2) is 24.3 Å². The molecule has 0 aromatic heterocycles. The highest BCUT2D eigenvalue weighted by molar-refractivity contribution is 5.75. The summed E-state index contributed by atoms with van der Waals surface area (Å²) >= 11 is 0. The van der Waals surface area contributed by atoms with Gasteiger partial charge in [0.1, 0.15) is 11.9 Å². The molecule has 0 aliphatic carbocycles. The number of hydrogen-bond acceptors (Lipinski definition) is 3. The van der Waals surface area contributed by atoms with E-state index < -0.39 is 6.04 Å². The average Bonchev–Trinajstić information content (AvgIpc) is 2.26. The molecule has 0 aliphatic rings. The van der Waals surface area contributed by atoms with Crippen LogP contribution < -0.4 is 5.32 Å². The van der Waals surface area contributed by atoms with Crippen LogP contribution >= 0.6 is 0 Å². The largest absolute Gasteiger partial charge is 0.468 e. The first-order valence-corrected chi connectivity index (χ1v) is 4.69. The number of carbonyl (C=O) groups is 1. The van der Waals surface area contributed by atoms with E-state index in [1.54, 1.807) is 25.1 Å². The van der Waals surface area contributed by atoms with Crippen molar-refractivity contribution < 1.29 is 13.9 Å². The van der Waals surface area contributed by atoms with Crippen molar-refractivity contribution in [1.29, 1.82) is 0 Å². The van der Waals surface area contributed by atoms with Gasteiger partial charge in [-0.1, -0.05) is 18.2 Å². The minimum absolute atomic E-state index is 0.276. The summed E-state index contributed by atoms with van der Waals surface area (Å²) in [6, 6.07) is 6.01. The number of halogens is 1. The number of ether oxygens (including phenoxy) is 1. The van der Waals surface area contributed by atoms with Crippen LogP contribution in [0.3, 0.4) is 0 Å². The van der Waals surface area contributed by atoms with Gasteiger partial charge in [-0.2, -0.15) is 0 Å².